The zero-order chi connectivity index (χ0) is 49.1. The van der Waals surface area contributed by atoms with Gasteiger partial charge in [-0.05, 0) is 122 Å². The van der Waals surface area contributed by atoms with Crippen molar-refractivity contribution < 1.29 is 0 Å². The smallest absolute Gasteiger partial charge is 0.165 e. The van der Waals surface area contributed by atoms with Crippen LogP contribution < -0.4 is 0 Å². The van der Waals surface area contributed by atoms with Crippen LogP contribution in [-0.4, -0.2) is 28.7 Å². The van der Waals surface area contributed by atoms with Crippen LogP contribution >= 0.6 is 0 Å². The third-order valence-corrected chi connectivity index (χ3v) is 17.1. The largest absolute Gasteiger partial charge is 0.309 e. The van der Waals surface area contributed by atoms with Crippen molar-refractivity contribution >= 4 is 65.4 Å². The van der Waals surface area contributed by atoms with Gasteiger partial charge in [-0.25, -0.2) is 15.0 Å². The van der Waals surface area contributed by atoms with Gasteiger partial charge < -0.3 is 13.7 Å². The van der Waals surface area contributed by atoms with Crippen molar-refractivity contribution in [1.82, 2.24) is 28.7 Å². The topological polar surface area (TPSA) is 53.5 Å². The van der Waals surface area contributed by atoms with Gasteiger partial charge in [-0.1, -0.05) is 159 Å². The Balaban J connectivity index is 0.992. The summed E-state index contributed by atoms with van der Waals surface area (Å²) in [6.07, 6.45) is 5.70. The SMILES string of the molecule is C[C@@H]1CC2CCC(c3nc(-c4ccccc4-n4c5ccccc5c5cc(-n6c7ccccc7c7ccccc76)ccc54)nc(-c4cccc(-c5ccccc5)c4-n4c5ccccc5c5ccccc54)n3)(C1)C[C@H]2C. The Bertz CT molecular complexity index is 4250. The van der Waals surface area contributed by atoms with E-state index in [0.717, 1.165) is 92.4 Å². The van der Waals surface area contributed by atoms with Crippen molar-refractivity contribution in [2.45, 2.75) is 51.4 Å². The maximum atomic E-state index is 5.82. The Morgan fingerprint density at radius 1 is 0.419 bits per heavy atom. The van der Waals surface area contributed by atoms with Gasteiger partial charge in [-0.15, -0.1) is 0 Å². The third kappa shape index (κ3) is 6.53. The molecule has 16 rings (SSSR count). The molecule has 74 heavy (non-hydrogen) atoms. The van der Waals surface area contributed by atoms with E-state index in [4.69, 9.17) is 15.0 Å². The van der Waals surface area contributed by atoms with Crippen molar-refractivity contribution in [3.63, 3.8) is 0 Å². The molecule has 0 aliphatic heterocycles. The first kappa shape index (κ1) is 43.0. The second kappa shape index (κ2) is 16.7. The minimum Gasteiger partial charge on any atom is -0.309 e. The van der Waals surface area contributed by atoms with Crippen LogP contribution in [0.3, 0.4) is 0 Å². The summed E-state index contributed by atoms with van der Waals surface area (Å²) in [4.78, 5) is 17.4. The van der Waals surface area contributed by atoms with Crippen LogP contribution in [0.5, 0.6) is 0 Å². The summed E-state index contributed by atoms with van der Waals surface area (Å²) in [5.74, 6) is 4.23. The first-order valence-electron chi connectivity index (χ1n) is 26.6. The molecule has 356 valence electrons. The summed E-state index contributed by atoms with van der Waals surface area (Å²) in [5, 5.41) is 7.33. The fraction of sp³-hybridized carbons (Fsp3) is 0.162. The first-order chi connectivity index (χ1) is 36.5. The van der Waals surface area contributed by atoms with E-state index < -0.39 is 0 Å². The van der Waals surface area contributed by atoms with Crippen LogP contribution in [0.25, 0.3) is 116 Å². The number of nitrogens with zero attached hydrogens (tertiary/aromatic N) is 6. The molecular formula is C68H54N6. The molecule has 3 fully saturated rings. The molecule has 3 aliphatic rings. The number of para-hydroxylation sites is 7. The maximum Gasteiger partial charge on any atom is 0.165 e. The van der Waals surface area contributed by atoms with Crippen LogP contribution in [0.4, 0.5) is 0 Å². The van der Waals surface area contributed by atoms with Crippen LogP contribution in [-0.2, 0) is 5.41 Å². The van der Waals surface area contributed by atoms with Crippen molar-refractivity contribution in [3.8, 4) is 51.0 Å². The van der Waals surface area contributed by atoms with E-state index in [1.165, 1.54) is 56.2 Å². The second-order valence-electron chi connectivity index (χ2n) is 21.5. The highest BCUT2D eigenvalue weighted by Gasteiger charge is 2.47. The fourth-order valence-electron chi connectivity index (χ4n) is 14.0. The molecular weight excluding hydrogens is 901 g/mol. The summed E-state index contributed by atoms with van der Waals surface area (Å²) in [6.45, 7) is 4.94. The zero-order valence-corrected chi connectivity index (χ0v) is 41.7. The number of benzene rings is 9. The Hall–Kier alpha value is -8.61. The predicted molar refractivity (Wildman–Crippen MR) is 306 cm³/mol. The Morgan fingerprint density at radius 2 is 0.919 bits per heavy atom. The number of hydrogen-bond donors (Lipinski definition) is 0. The van der Waals surface area contributed by atoms with Gasteiger partial charge in [0.25, 0.3) is 0 Å². The molecule has 0 radical (unpaired) electrons. The summed E-state index contributed by atoms with van der Waals surface area (Å²) in [7, 11) is 0. The van der Waals surface area contributed by atoms with Crippen molar-refractivity contribution in [2.75, 3.05) is 0 Å². The maximum absolute atomic E-state index is 5.82. The van der Waals surface area contributed by atoms with Gasteiger partial charge in [0, 0.05) is 60.1 Å². The Morgan fingerprint density at radius 3 is 1.55 bits per heavy atom. The lowest BCUT2D eigenvalue weighted by molar-refractivity contribution is 0.178. The lowest BCUT2D eigenvalue weighted by Crippen LogP contribution is -2.36. The normalized spacial score (nSPS) is 18.9. The van der Waals surface area contributed by atoms with E-state index in [-0.39, 0.29) is 5.41 Å². The highest BCUT2D eigenvalue weighted by Crippen LogP contribution is 2.54. The van der Waals surface area contributed by atoms with Crippen LogP contribution in [0.1, 0.15) is 51.8 Å². The molecule has 6 nitrogen and oxygen atoms in total. The van der Waals surface area contributed by atoms with E-state index in [0.29, 0.717) is 23.5 Å². The lowest BCUT2D eigenvalue weighted by Gasteiger charge is -2.39. The van der Waals surface area contributed by atoms with Crippen molar-refractivity contribution in [3.05, 3.63) is 218 Å². The van der Waals surface area contributed by atoms with Crippen molar-refractivity contribution in [1.29, 1.82) is 0 Å². The molecule has 0 amide bonds. The molecule has 2 bridgehead atoms. The summed E-state index contributed by atoms with van der Waals surface area (Å²) < 4.78 is 7.32. The van der Waals surface area contributed by atoms with E-state index in [1.807, 2.05) is 0 Å². The molecule has 0 N–H and O–H groups in total. The number of aromatic nitrogens is 6. The molecule has 2 unspecified atom stereocenters. The van der Waals surface area contributed by atoms with E-state index in [1.54, 1.807) is 0 Å². The van der Waals surface area contributed by atoms with Gasteiger partial charge in [0.1, 0.15) is 5.82 Å². The lowest BCUT2D eigenvalue weighted by atomic mass is 9.66. The fourth-order valence-corrected chi connectivity index (χ4v) is 14.0. The average molecular weight is 955 g/mol. The van der Waals surface area contributed by atoms with Gasteiger partial charge >= 0.3 is 0 Å². The zero-order valence-electron chi connectivity index (χ0n) is 41.7. The number of fused-ring (bicyclic) bond motifs is 13. The molecule has 0 saturated heterocycles. The third-order valence-electron chi connectivity index (χ3n) is 17.1. The molecule has 0 spiro atoms. The molecule has 9 aromatic carbocycles. The molecule has 4 aromatic heterocycles. The quantitative estimate of drug-likeness (QED) is 0.160. The molecule has 3 aliphatic carbocycles. The van der Waals surface area contributed by atoms with E-state index in [2.05, 4.69) is 240 Å². The standard InChI is InChI=1S/C68H54N6/c1-43-39-46-37-38-68(41-43,42-44(46)2)67-70-65(69-66(71-67)55-28-18-27-48(45-19-4-3-5-20-45)64(55)74-60-32-15-8-23-51(60)52-24-9-16-33-61(52)74)54-26-11-17-34-62(54)73-59-31-14-10-25-53(59)56-40-47(35-36-63(56)73)72-57-29-12-6-21-49(57)50-22-7-13-30-58(50)72/h3-36,40,43-44,46H,37-39,41-42H2,1-2H3/t43-,44-,46?,68?/m1/s1. The van der Waals surface area contributed by atoms with E-state index in [9.17, 15) is 0 Å². The molecule has 4 heterocycles. The van der Waals surface area contributed by atoms with Crippen LogP contribution in [0, 0.1) is 17.8 Å². The number of rotatable bonds is 7. The van der Waals surface area contributed by atoms with Crippen LogP contribution in [0.2, 0.25) is 0 Å². The van der Waals surface area contributed by atoms with Gasteiger partial charge in [0.05, 0.1) is 44.5 Å². The summed E-state index contributed by atoms with van der Waals surface area (Å²) in [5.41, 5.74) is 14.2. The van der Waals surface area contributed by atoms with Gasteiger partial charge in [0.15, 0.2) is 11.6 Å². The molecule has 13 aromatic rings. The summed E-state index contributed by atoms with van der Waals surface area (Å²) >= 11 is 0. The second-order valence-corrected chi connectivity index (χ2v) is 21.5. The Kier molecular flexibility index (Phi) is 9.72. The summed E-state index contributed by atoms with van der Waals surface area (Å²) in [6, 6.07) is 77.3. The van der Waals surface area contributed by atoms with Crippen LogP contribution in [0.15, 0.2) is 212 Å². The van der Waals surface area contributed by atoms with Gasteiger partial charge in [-0.2, -0.15) is 0 Å². The monoisotopic (exact) mass is 954 g/mol. The van der Waals surface area contributed by atoms with E-state index >= 15 is 0 Å². The van der Waals surface area contributed by atoms with Gasteiger partial charge in [-0.3, -0.25) is 0 Å². The highest BCUT2D eigenvalue weighted by atomic mass is 15.1. The highest BCUT2D eigenvalue weighted by molar-refractivity contribution is 6.13. The molecule has 3 saturated carbocycles. The molecule has 6 heteroatoms. The first-order valence-corrected chi connectivity index (χ1v) is 26.6. The molecule has 4 atom stereocenters. The minimum atomic E-state index is -0.173. The Labute approximate surface area is 430 Å². The van der Waals surface area contributed by atoms with Gasteiger partial charge in [0.2, 0.25) is 0 Å². The predicted octanol–water partition coefficient (Wildman–Crippen LogP) is 17.3. The average Bonchev–Trinajstić information content (AvgIpc) is 4.05. The van der Waals surface area contributed by atoms with Crippen molar-refractivity contribution in [2.24, 2.45) is 17.8 Å². The number of hydrogen-bond acceptors (Lipinski definition) is 3. The minimum absolute atomic E-state index is 0.173.